The molecule has 0 spiro atoms. The molecule has 1 fully saturated rings. The van der Waals surface area contributed by atoms with Gasteiger partial charge in [0.05, 0.1) is 4.88 Å². The lowest BCUT2D eigenvalue weighted by atomic mass is 9.90. The van der Waals surface area contributed by atoms with Crippen LogP contribution in [0.25, 0.3) is 0 Å². The van der Waals surface area contributed by atoms with Gasteiger partial charge in [0.25, 0.3) is 5.91 Å². The zero-order chi connectivity index (χ0) is 13.8. The molecule has 1 aromatic rings. The third-order valence-electron chi connectivity index (χ3n) is 4.00. The second kappa shape index (κ2) is 6.53. The standard InChI is InChI=1S/C15H24N2OS/c1-3-13-9-10-14(19-13)15(18)17(4-2)12-7-5-11(16)6-8-12/h9-12H,3-8,16H2,1-2H3. The van der Waals surface area contributed by atoms with Gasteiger partial charge in [-0.3, -0.25) is 4.79 Å². The van der Waals surface area contributed by atoms with Crippen LogP contribution in [0.1, 0.15) is 54.1 Å². The fraction of sp³-hybridized carbons (Fsp3) is 0.667. The van der Waals surface area contributed by atoms with E-state index in [0.717, 1.165) is 43.5 Å². The SMILES string of the molecule is CCc1ccc(C(=O)N(CC)C2CCC(N)CC2)s1. The van der Waals surface area contributed by atoms with Crippen molar-refractivity contribution in [2.45, 2.75) is 58.0 Å². The summed E-state index contributed by atoms with van der Waals surface area (Å²) in [5.41, 5.74) is 5.95. The molecule has 0 saturated heterocycles. The van der Waals surface area contributed by atoms with E-state index in [1.165, 1.54) is 4.88 Å². The molecule has 1 aromatic heterocycles. The second-order valence-corrected chi connectivity index (χ2v) is 6.45. The average Bonchev–Trinajstić information content (AvgIpc) is 2.90. The van der Waals surface area contributed by atoms with Crippen LogP contribution in [-0.2, 0) is 6.42 Å². The highest BCUT2D eigenvalue weighted by Gasteiger charge is 2.27. The summed E-state index contributed by atoms with van der Waals surface area (Å²) in [7, 11) is 0. The van der Waals surface area contributed by atoms with Crippen LogP contribution in [-0.4, -0.2) is 29.4 Å². The molecule has 0 bridgehead atoms. The predicted octanol–water partition coefficient (Wildman–Crippen LogP) is 3.04. The summed E-state index contributed by atoms with van der Waals surface area (Å²) in [5, 5.41) is 0. The van der Waals surface area contributed by atoms with Crippen LogP contribution in [0.15, 0.2) is 12.1 Å². The molecule has 0 unspecified atom stereocenters. The van der Waals surface area contributed by atoms with Crippen LogP contribution in [0, 0.1) is 0 Å². The highest BCUT2D eigenvalue weighted by atomic mass is 32.1. The lowest BCUT2D eigenvalue weighted by molar-refractivity contribution is 0.0645. The summed E-state index contributed by atoms with van der Waals surface area (Å²) in [4.78, 5) is 16.8. The third kappa shape index (κ3) is 3.37. The van der Waals surface area contributed by atoms with Crippen molar-refractivity contribution in [1.82, 2.24) is 4.90 Å². The van der Waals surface area contributed by atoms with E-state index in [0.29, 0.717) is 12.1 Å². The van der Waals surface area contributed by atoms with E-state index in [1.54, 1.807) is 11.3 Å². The molecule has 106 valence electrons. The first-order valence-electron chi connectivity index (χ1n) is 7.31. The molecule has 2 N–H and O–H groups in total. The van der Waals surface area contributed by atoms with Crippen molar-refractivity contribution in [1.29, 1.82) is 0 Å². The Morgan fingerprint density at radius 3 is 2.53 bits per heavy atom. The Labute approximate surface area is 119 Å². The van der Waals surface area contributed by atoms with Crippen LogP contribution in [0.2, 0.25) is 0 Å². The number of carbonyl (C=O) groups is 1. The Bertz CT molecular complexity index is 422. The Morgan fingerprint density at radius 1 is 1.32 bits per heavy atom. The molecule has 1 aliphatic rings. The van der Waals surface area contributed by atoms with Crippen molar-refractivity contribution in [2.75, 3.05) is 6.54 Å². The number of thiophene rings is 1. The van der Waals surface area contributed by atoms with Crippen molar-refractivity contribution in [2.24, 2.45) is 5.73 Å². The van der Waals surface area contributed by atoms with Gasteiger partial charge in [-0.05, 0) is 51.2 Å². The molecule has 4 heteroatoms. The summed E-state index contributed by atoms with van der Waals surface area (Å²) in [5.74, 6) is 0.202. The van der Waals surface area contributed by atoms with Crippen LogP contribution in [0.3, 0.4) is 0 Å². The van der Waals surface area contributed by atoms with Crippen molar-refractivity contribution in [3.63, 3.8) is 0 Å². The number of hydrogen-bond donors (Lipinski definition) is 1. The maximum Gasteiger partial charge on any atom is 0.264 e. The van der Waals surface area contributed by atoms with Crippen molar-refractivity contribution >= 4 is 17.2 Å². The molecule has 0 aromatic carbocycles. The minimum absolute atomic E-state index is 0.202. The van der Waals surface area contributed by atoms with E-state index < -0.39 is 0 Å². The number of rotatable bonds is 4. The van der Waals surface area contributed by atoms with Gasteiger partial charge in [-0.15, -0.1) is 11.3 Å². The number of aryl methyl sites for hydroxylation is 1. The number of carbonyl (C=O) groups excluding carboxylic acids is 1. The number of nitrogens with two attached hydrogens (primary N) is 1. The quantitative estimate of drug-likeness (QED) is 0.921. The highest BCUT2D eigenvalue weighted by molar-refractivity contribution is 7.14. The normalized spacial score (nSPS) is 23.3. The van der Waals surface area contributed by atoms with E-state index in [2.05, 4.69) is 19.9 Å². The van der Waals surface area contributed by atoms with E-state index in [1.807, 2.05) is 11.0 Å². The van der Waals surface area contributed by atoms with E-state index in [9.17, 15) is 4.79 Å². The van der Waals surface area contributed by atoms with Crippen molar-refractivity contribution < 1.29 is 4.79 Å². The van der Waals surface area contributed by atoms with E-state index in [4.69, 9.17) is 5.73 Å². The maximum absolute atomic E-state index is 12.6. The monoisotopic (exact) mass is 280 g/mol. The molecular formula is C15H24N2OS. The van der Waals surface area contributed by atoms with Crippen LogP contribution < -0.4 is 5.73 Å². The molecule has 1 heterocycles. The number of hydrogen-bond acceptors (Lipinski definition) is 3. The first-order valence-corrected chi connectivity index (χ1v) is 8.12. The zero-order valence-corrected chi connectivity index (χ0v) is 12.7. The Balaban J connectivity index is 2.06. The largest absolute Gasteiger partial charge is 0.335 e. The van der Waals surface area contributed by atoms with Gasteiger partial charge in [0, 0.05) is 23.5 Å². The first kappa shape index (κ1) is 14.5. The highest BCUT2D eigenvalue weighted by Crippen LogP contribution is 2.25. The van der Waals surface area contributed by atoms with Gasteiger partial charge in [0.2, 0.25) is 0 Å². The summed E-state index contributed by atoms with van der Waals surface area (Å²) in [6.45, 7) is 4.99. The summed E-state index contributed by atoms with van der Waals surface area (Å²) in [6, 6.07) is 4.76. The van der Waals surface area contributed by atoms with Gasteiger partial charge in [0.1, 0.15) is 0 Å². The van der Waals surface area contributed by atoms with E-state index in [-0.39, 0.29) is 5.91 Å². The molecule has 0 radical (unpaired) electrons. The topological polar surface area (TPSA) is 46.3 Å². The lowest BCUT2D eigenvalue weighted by Gasteiger charge is -2.35. The van der Waals surface area contributed by atoms with Crippen LogP contribution >= 0.6 is 11.3 Å². The minimum Gasteiger partial charge on any atom is -0.335 e. The number of amides is 1. The van der Waals surface area contributed by atoms with Gasteiger partial charge in [-0.1, -0.05) is 6.92 Å². The minimum atomic E-state index is 0.202. The Kier molecular flexibility index (Phi) is 4.99. The first-order chi connectivity index (χ1) is 9.15. The molecule has 1 aliphatic carbocycles. The van der Waals surface area contributed by atoms with E-state index >= 15 is 0 Å². The summed E-state index contributed by atoms with van der Waals surface area (Å²) >= 11 is 1.63. The van der Waals surface area contributed by atoms with Crippen LogP contribution in [0.4, 0.5) is 0 Å². The van der Waals surface area contributed by atoms with Crippen molar-refractivity contribution in [3.05, 3.63) is 21.9 Å². The Morgan fingerprint density at radius 2 is 2.00 bits per heavy atom. The average molecular weight is 280 g/mol. The fourth-order valence-corrected chi connectivity index (χ4v) is 3.71. The molecule has 3 nitrogen and oxygen atoms in total. The van der Waals surface area contributed by atoms with Gasteiger partial charge in [0.15, 0.2) is 0 Å². The molecule has 0 aliphatic heterocycles. The van der Waals surface area contributed by atoms with Crippen LogP contribution in [0.5, 0.6) is 0 Å². The lowest BCUT2D eigenvalue weighted by Crippen LogP contribution is -2.43. The smallest absolute Gasteiger partial charge is 0.264 e. The molecule has 1 amide bonds. The molecule has 2 rings (SSSR count). The molecule has 1 saturated carbocycles. The Hall–Kier alpha value is -0.870. The maximum atomic E-state index is 12.6. The molecule has 0 atom stereocenters. The van der Waals surface area contributed by atoms with Crippen molar-refractivity contribution in [3.8, 4) is 0 Å². The number of nitrogens with zero attached hydrogens (tertiary/aromatic N) is 1. The second-order valence-electron chi connectivity index (χ2n) is 5.28. The summed E-state index contributed by atoms with van der Waals surface area (Å²) in [6.07, 6.45) is 5.18. The zero-order valence-electron chi connectivity index (χ0n) is 11.9. The molecular weight excluding hydrogens is 256 g/mol. The van der Waals surface area contributed by atoms with Gasteiger partial charge < -0.3 is 10.6 Å². The molecule has 19 heavy (non-hydrogen) atoms. The third-order valence-corrected chi connectivity index (χ3v) is 5.22. The fourth-order valence-electron chi connectivity index (χ4n) is 2.81. The predicted molar refractivity (Wildman–Crippen MR) is 80.6 cm³/mol. The van der Waals surface area contributed by atoms with Gasteiger partial charge >= 0.3 is 0 Å². The van der Waals surface area contributed by atoms with Gasteiger partial charge in [-0.25, -0.2) is 0 Å². The summed E-state index contributed by atoms with van der Waals surface area (Å²) < 4.78 is 0. The van der Waals surface area contributed by atoms with Gasteiger partial charge in [-0.2, -0.15) is 0 Å².